The summed E-state index contributed by atoms with van der Waals surface area (Å²) in [6.07, 6.45) is 0.923. The number of hydrogen-bond donors (Lipinski definition) is 2. The van der Waals surface area contributed by atoms with Crippen LogP contribution in [0.4, 0.5) is 11.4 Å². The standard InChI is InChI=1S/C13H18N2O/c1-9(2)7-10-8-14-11-5-3-4-6-12(11)15-13(10)16/h3-6,9-10,14H,7-8H2,1-2H3,(H,15,16). The van der Waals surface area contributed by atoms with E-state index in [9.17, 15) is 4.79 Å². The number of amides is 1. The van der Waals surface area contributed by atoms with Gasteiger partial charge in [-0.25, -0.2) is 0 Å². The molecule has 0 saturated heterocycles. The number of hydrogen-bond acceptors (Lipinski definition) is 2. The molecule has 1 aliphatic heterocycles. The van der Waals surface area contributed by atoms with E-state index in [2.05, 4.69) is 24.5 Å². The van der Waals surface area contributed by atoms with Crippen molar-refractivity contribution < 1.29 is 4.79 Å². The lowest BCUT2D eigenvalue weighted by Gasteiger charge is -2.15. The largest absolute Gasteiger partial charge is 0.383 e. The fourth-order valence-corrected chi connectivity index (χ4v) is 2.07. The minimum Gasteiger partial charge on any atom is -0.383 e. The van der Waals surface area contributed by atoms with Crippen LogP contribution in [-0.2, 0) is 4.79 Å². The molecule has 2 N–H and O–H groups in total. The number of fused-ring (bicyclic) bond motifs is 1. The lowest BCUT2D eigenvalue weighted by atomic mass is 9.96. The molecular formula is C13H18N2O. The summed E-state index contributed by atoms with van der Waals surface area (Å²) in [4.78, 5) is 12.0. The molecule has 1 heterocycles. The van der Waals surface area contributed by atoms with Gasteiger partial charge >= 0.3 is 0 Å². The van der Waals surface area contributed by atoms with Gasteiger partial charge in [-0.15, -0.1) is 0 Å². The molecular weight excluding hydrogens is 200 g/mol. The molecule has 0 fully saturated rings. The molecule has 0 aliphatic carbocycles. The number of anilines is 2. The van der Waals surface area contributed by atoms with Gasteiger partial charge < -0.3 is 10.6 Å². The summed E-state index contributed by atoms with van der Waals surface area (Å²) in [6.45, 7) is 5.01. The van der Waals surface area contributed by atoms with E-state index in [-0.39, 0.29) is 11.8 Å². The van der Waals surface area contributed by atoms with Crippen molar-refractivity contribution in [3.05, 3.63) is 24.3 Å². The Morgan fingerprint density at radius 3 is 2.69 bits per heavy atom. The summed E-state index contributed by atoms with van der Waals surface area (Å²) in [7, 11) is 0. The van der Waals surface area contributed by atoms with Crippen molar-refractivity contribution in [2.24, 2.45) is 11.8 Å². The van der Waals surface area contributed by atoms with Crippen LogP contribution in [0.1, 0.15) is 20.3 Å². The van der Waals surface area contributed by atoms with Crippen LogP contribution in [0.5, 0.6) is 0 Å². The average molecular weight is 218 g/mol. The number of rotatable bonds is 2. The van der Waals surface area contributed by atoms with Gasteiger partial charge in [0.2, 0.25) is 5.91 Å². The summed E-state index contributed by atoms with van der Waals surface area (Å²) >= 11 is 0. The lowest BCUT2D eigenvalue weighted by Crippen LogP contribution is -2.27. The Kier molecular flexibility index (Phi) is 3.13. The molecule has 1 unspecified atom stereocenters. The molecule has 0 radical (unpaired) electrons. The van der Waals surface area contributed by atoms with Crippen molar-refractivity contribution in [1.29, 1.82) is 0 Å². The minimum atomic E-state index is 0.0624. The van der Waals surface area contributed by atoms with Gasteiger partial charge in [-0.05, 0) is 24.5 Å². The van der Waals surface area contributed by atoms with Gasteiger partial charge in [-0.2, -0.15) is 0 Å². The van der Waals surface area contributed by atoms with Crippen molar-refractivity contribution in [3.8, 4) is 0 Å². The number of para-hydroxylation sites is 2. The van der Waals surface area contributed by atoms with Crippen molar-refractivity contribution in [2.45, 2.75) is 20.3 Å². The molecule has 0 spiro atoms. The first-order valence-electron chi connectivity index (χ1n) is 5.80. The number of nitrogens with one attached hydrogen (secondary N) is 2. The highest BCUT2D eigenvalue weighted by Gasteiger charge is 2.23. The van der Waals surface area contributed by atoms with E-state index in [1.165, 1.54) is 0 Å². The van der Waals surface area contributed by atoms with Crippen molar-refractivity contribution >= 4 is 17.3 Å². The van der Waals surface area contributed by atoms with E-state index < -0.39 is 0 Å². The molecule has 1 aromatic rings. The van der Waals surface area contributed by atoms with Crippen LogP contribution in [-0.4, -0.2) is 12.5 Å². The molecule has 1 aromatic carbocycles. The maximum atomic E-state index is 12.0. The summed E-state index contributed by atoms with van der Waals surface area (Å²) in [5.74, 6) is 0.734. The molecule has 16 heavy (non-hydrogen) atoms. The van der Waals surface area contributed by atoms with Gasteiger partial charge in [0.1, 0.15) is 0 Å². The molecule has 3 heteroatoms. The number of benzene rings is 1. The molecule has 1 aliphatic rings. The second-order valence-electron chi connectivity index (χ2n) is 4.74. The zero-order valence-electron chi connectivity index (χ0n) is 9.79. The van der Waals surface area contributed by atoms with E-state index in [0.717, 1.165) is 24.3 Å². The third kappa shape index (κ3) is 2.35. The molecule has 3 nitrogen and oxygen atoms in total. The van der Waals surface area contributed by atoms with Gasteiger partial charge in [-0.3, -0.25) is 4.79 Å². The van der Waals surface area contributed by atoms with Crippen molar-refractivity contribution in [3.63, 3.8) is 0 Å². The summed E-state index contributed by atoms with van der Waals surface area (Å²) < 4.78 is 0. The van der Waals surface area contributed by atoms with Crippen LogP contribution < -0.4 is 10.6 Å². The molecule has 0 aromatic heterocycles. The Balaban J connectivity index is 2.15. The molecule has 0 bridgehead atoms. The topological polar surface area (TPSA) is 41.1 Å². The Morgan fingerprint density at radius 1 is 1.31 bits per heavy atom. The first-order valence-corrected chi connectivity index (χ1v) is 5.80. The predicted octanol–water partition coefficient (Wildman–Crippen LogP) is 2.71. The first-order chi connectivity index (χ1) is 7.66. The van der Waals surface area contributed by atoms with E-state index >= 15 is 0 Å². The molecule has 1 atom stereocenters. The molecule has 86 valence electrons. The lowest BCUT2D eigenvalue weighted by molar-refractivity contribution is -0.119. The van der Waals surface area contributed by atoms with Crippen LogP contribution >= 0.6 is 0 Å². The van der Waals surface area contributed by atoms with Crippen LogP contribution in [0.3, 0.4) is 0 Å². The number of carbonyl (C=O) groups is 1. The zero-order valence-corrected chi connectivity index (χ0v) is 9.79. The van der Waals surface area contributed by atoms with E-state index in [0.29, 0.717) is 5.92 Å². The third-order valence-electron chi connectivity index (χ3n) is 2.85. The SMILES string of the molecule is CC(C)CC1CNc2ccccc2NC1=O. The Hall–Kier alpha value is -1.51. The van der Waals surface area contributed by atoms with E-state index in [1.807, 2.05) is 24.3 Å². The van der Waals surface area contributed by atoms with Gasteiger partial charge in [0, 0.05) is 6.54 Å². The highest BCUT2D eigenvalue weighted by molar-refractivity contribution is 5.97. The number of carbonyl (C=O) groups excluding carboxylic acids is 1. The van der Waals surface area contributed by atoms with Crippen LogP contribution in [0.15, 0.2) is 24.3 Å². The summed E-state index contributed by atoms with van der Waals surface area (Å²) in [5.41, 5.74) is 1.90. The van der Waals surface area contributed by atoms with Crippen molar-refractivity contribution in [1.82, 2.24) is 0 Å². The van der Waals surface area contributed by atoms with Gasteiger partial charge in [0.25, 0.3) is 0 Å². The van der Waals surface area contributed by atoms with Gasteiger partial charge in [-0.1, -0.05) is 26.0 Å². The fourth-order valence-electron chi connectivity index (χ4n) is 2.07. The monoisotopic (exact) mass is 218 g/mol. The molecule has 2 rings (SSSR count). The summed E-state index contributed by atoms with van der Waals surface area (Å²) in [6, 6.07) is 7.83. The zero-order chi connectivity index (χ0) is 11.5. The van der Waals surface area contributed by atoms with Gasteiger partial charge in [0.15, 0.2) is 0 Å². The van der Waals surface area contributed by atoms with Crippen LogP contribution in [0.25, 0.3) is 0 Å². The second kappa shape index (κ2) is 4.56. The molecule has 1 amide bonds. The average Bonchev–Trinajstić information content (AvgIpc) is 2.39. The normalized spacial score (nSPS) is 19.7. The Bertz CT molecular complexity index is 387. The minimum absolute atomic E-state index is 0.0624. The van der Waals surface area contributed by atoms with E-state index in [4.69, 9.17) is 0 Å². The highest BCUT2D eigenvalue weighted by atomic mass is 16.1. The van der Waals surface area contributed by atoms with Crippen LogP contribution in [0.2, 0.25) is 0 Å². The van der Waals surface area contributed by atoms with Crippen LogP contribution in [0, 0.1) is 11.8 Å². The first kappa shape index (κ1) is 11.0. The quantitative estimate of drug-likeness (QED) is 0.801. The third-order valence-corrected chi connectivity index (χ3v) is 2.85. The second-order valence-corrected chi connectivity index (χ2v) is 4.74. The van der Waals surface area contributed by atoms with Crippen molar-refractivity contribution in [2.75, 3.05) is 17.2 Å². The smallest absolute Gasteiger partial charge is 0.229 e. The fraction of sp³-hybridized carbons (Fsp3) is 0.462. The summed E-state index contributed by atoms with van der Waals surface area (Å²) in [5, 5.41) is 6.30. The molecule has 0 saturated carbocycles. The maximum absolute atomic E-state index is 12.0. The Morgan fingerprint density at radius 2 is 2.00 bits per heavy atom. The Labute approximate surface area is 96.2 Å². The predicted molar refractivity (Wildman–Crippen MR) is 66.5 cm³/mol. The maximum Gasteiger partial charge on any atom is 0.229 e. The van der Waals surface area contributed by atoms with E-state index in [1.54, 1.807) is 0 Å². The van der Waals surface area contributed by atoms with Gasteiger partial charge in [0.05, 0.1) is 17.3 Å². The highest BCUT2D eigenvalue weighted by Crippen LogP contribution is 2.26.